The van der Waals surface area contributed by atoms with E-state index < -0.39 is 0 Å². The smallest absolute Gasteiger partial charge is 0.286 e. The van der Waals surface area contributed by atoms with Gasteiger partial charge in [-0.2, -0.15) is 0 Å². The van der Waals surface area contributed by atoms with Gasteiger partial charge in [-0.25, -0.2) is 0 Å². The van der Waals surface area contributed by atoms with Crippen LogP contribution in [0, 0.1) is 6.92 Å². The first-order chi connectivity index (χ1) is 11.1. The van der Waals surface area contributed by atoms with Crippen LogP contribution in [0.5, 0.6) is 0 Å². The van der Waals surface area contributed by atoms with Crippen LogP contribution in [-0.4, -0.2) is 33.8 Å². The van der Waals surface area contributed by atoms with Crippen molar-refractivity contribution in [1.29, 1.82) is 0 Å². The molecule has 1 fully saturated rings. The van der Waals surface area contributed by atoms with E-state index in [1.54, 1.807) is 0 Å². The molecular formula is C15H16N4O2S2. The predicted octanol–water partition coefficient (Wildman–Crippen LogP) is 2.47. The number of amides is 2. The highest BCUT2D eigenvalue weighted by atomic mass is 32.2. The molecular weight excluding hydrogens is 332 g/mol. The molecule has 2 aromatic rings. The van der Waals surface area contributed by atoms with Crippen LogP contribution < -0.4 is 10.6 Å². The average molecular weight is 348 g/mol. The summed E-state index contributed by atoms with van der Waals surface area (Å²) in [4.78, 5) is 23.8. The number of hydrogen-bond donors (Lipinski definition) is 2. The Kier molecular flexibility index (Phi) is 4.92. The van der Waals surface area contributed by atoms with Crippen LogP contribution >= 0.6 is 23.1 Å². The molecule has 1 heterocycles. The maximum Gasteiger partial charge on any atom is 0.286 e. The summed E-state index contributed by atoms with van der Waals surface area (Å²) in [7, 11) is 0. The third-order valence-electron chi connectivity index (χ3n) is 3.26. The van der Waals surface area contributed by atoms with Crippen LogP contribution in [0.3, 0.4) is 0 Å². The lowest BCUT2D eigenvalue weighted by molar-refractivity contribution is -0.118. The number of hydrogen-bond acceptors (Lipinski definition) is 6. The van der Waals surface area contributed by atoms with Crippen LogP contribution in [-0.2, 0) is 4.79 Å². The predicted molar refractivity (Wildman–Crippen MR) is 90.9 cm³/mol. The quantitative estimate of drug-likeness (QED) is 0.784. The van der Waals surface area contributed by atoms with Crippen LogP contribution in [0.4, 0.5) is 5.69 Å². The van der Waals surface area contributed by atoms with Gasteiger partial charge in [-0.1, -0.05) is 41.3 Å². The van der Waals surface area contributed by atoms with Crippen molar-refractivity contribution >= 4 is 40.6 Å². The van der Waals surface area contributed by atoms with Gasteiger partial charge >= 0.3 is 0 Å². The summed E-state index contributed by atoms with van der Waals surface area (Å²) in [5.41, 5.74) is 1.74. The molecule has 1 saturated carbocycles. The van der Waals surface area contributed by atoms with Crippen LogP contribution in [0.25, 0.3) is 0 Å². The lowest BCUT2D eigenvalue weighted by Gasteiger charge is -2.05. The summed E-state index contributed by atoms with van der Waals surface area (Å²) in [5.74, 6) is 0.00886. The summed E-state index contributed by atoms with van der Waals surface area (Å²) in [5, 5.41) is 13.9. The van der Waals surface area contributed by atoms with Gasteiger partial charge in [-0.3, -0.25) is 9.59 Å². The minimum atomic E-state index is -0.286. The fourth-order valence-electron chi connectivity index (χ4n) is 1.87. The number of carbonyl (C=O) groups excluding carboxylic acids is 2. The van der Waals surface area contributed by atoms with E-state index in [1.807, 2.05) is 31.2 Å². The molecule has 1 aromatic carbocycles. The summed E-state index contributed by atoms with van der Waals surface area (Å²) in [6, 6.07) is 7.90. The molecule has 2 amide bonds. The maximum absolute atomic E-state index is 12.2. The van der Waals surface area contributed by atoms with Gasteiger partial charge in [-0.05, 0) is 31.4 Å². The Morgan fingerprint density at radius 1 is 1.30 bits per heavy atom. The molecule has 0 atom stereocenters. The number of thioether (sulfide) groups is 1. The molecule has 0 radical (unpaired) electrons. The van der Waals surface area contributed by atoms with Crippen LogP contribution in [0.2, 0.25) is 0 Å². The Balaban J connectivity index is 1.54. The molecule has 120 valence electrons. The number of nitrogens with zero attached hydrogens (tertiary/aromatic N) is 2. The minimum Gasteiger partial charge on any atom is -0.353 e. The van der Waals surface area contributed by atoms with Crippen molar-refractivity contribution < 1.29 is 9.59 Å². The molecule has 23 heavy (non-hydrogen) atoms. The Bertz CT molecular complexity index is 728. The molecule has 0 aliphatic heterocycles. The highest BCUT2D eigenvalue weighted by molar-refractivity contribution is 8.01. The highest BCUT2D eigenvalue weighted by Crippen LogP contribution is 2.24. The second kappa shape index (κ2) is 7.10. The number of carbonyl (C=O) groups is 2. The van der Waals surface area contributed by atoms with Gasteiger partial charge in [0.15, 0.2) is 4.34 Å². The third-order valence-corrected chi connectivity index (χ3v) is 5.32. The third kappa shape index (κ3) is 4.52. The first kappa shape index (κ1) is 15.9. The molecule has 3 rings (SSSR count). The van der Waals surface area contributed by atoms with Gasteiger partial charge in [0.2, 0.25) is 10.9 Å². The molecule has 0 spiro atoms. The van der Waals surface area contributed by atoms with E-state index in [1.165, 1.54) is 23.1 Å². The number of benzene rings is 1. The summed E-state index contributed by atoms with van der Waals surface area (Å²) >= 11 is 2.49. The molecule has 0 bridgehead atoms. The Morgan fingerprint density at radius 3 is 2.83 bits per heavy atom. The average Bonchev–Trinajstić information content (AvgIpc) is 3.21. The summed E-state index contributed by atoms with van der Waals surface area (Å²) < 4.78 is 0.617. The van der Waals surface area contributed by atoms with Crippen molar-refractivity contribution in [3.63, 3.8) is 0 Å². The Labute approximate surface area is 142 Å². The van der Waals surface area contributed by atoms with Crippen LogP contribution in [0.1, 0.15) is 28.2 Å². The zero-order valence-electron chi connectivity index (χ0n) is 12.5. The number of rotatable bonds is 6. The monoisotopic (exact) mass is 348 g/mol. The normalized spacial score (nSPS) is 13.6. The van der Waals surface area contributed by atoms with E-state index >= 15 is 0 Å². The molecule has 1 aliphatic carbocycles. The zero-order chi connectivity index (χ0) is 16.2. The molecule has 0 unspecified atom stereocenters. The second-order valence-corrected chi connectivity index (χ2v) is 7.47. The van der Waals surface area contributed by atoms with E-state index in [0.29, 0.717) is 21.1 Å². The van der Waals surface area contributed by atoms with Gasteiger partial charge < -0.3 is 10.6 Å². The van der Waals surface area contributed by atoms with E-state index in [4.69, 9.17) is 0 Å². The van der Waals surface area contributed by atoms with Gasteiger partial charge in [-0.15, -0.1) is 10.2 Å². The van der Waals surface area contributed by atoms with Gasteiger partial charge in [0.25, 0.3) is 5.91 Å². The SMILES string of the molecule is Cc1ccccc1NC(=O)c1nnc(SCC(=O)NC2CC2)s1. The summed E-state index contributed by atoms with van der Waals surface area (Å²) in [6.07, 6.45) is 2.14. The zero-order valence-corrected chi connectivity index (χ0v) is 14.2. The fraction of sp³-hybridized carbons (Fsp3) is 0.333. The van der Waals surface area contributed by atoms with Gasteiger partial charge in [0.1, 0.15) is 0 Å². The number of anilines is 1. The van der Waals surface area contributed by atoms with Crippen molar-refractivity contribution in [2.75, 3.05) is 11.1 Å². The fourth-order valence-corrected chi connectivity index (χ4v) is 3.43. The van der Waals surface area contributed by atoms with Crippen molar-refractivity contribution in [3.05, 3.63) is 34.8 Å². The second-order valence-electron chi connectivity index (χ2n) is 5.27. The van der Waals surface area contributed by atoms with Crippen molar-refractivity contribution in [2.24, 2.45) is 0 Å². The molecule has 8 heteroatoms. The standard InChI is InChI=1S/C15H16N4O2S2/c1-9-4-2-3-5-11(9)17-13(21)14-18-19-15(23-14)22-8-12(20)16-10-6-7-10/h2-5,10H,6-8H2,1H3,(H,16,20)(H,17,21). The summed E-state index contributed by atoms with van der Waals surface area (Å²) in [6.45, 7) is 1.93. The number of nitrogens with one attached hydrogen (secondary N) is 2. The number of para-hydroxylation sites is 1. The first-order valence-electron chi connectivity index (χ1n) is 7.24. The van der Waals surface area contributed by atoms with Crippen molar-refractivity contribution in [2.45, 2.75) is 30.1 Å². The largest absolute Gasteiger partial charge is 0.353 e. The van der Waals surface area contributed by atoms with Gasteiger partial charge in [0, 0.05) is 11.7 Å². The van der Waals surface area contributed by atoms with E-state index in [9.17, 15) is 9.59 Å². The van der Waals surface area contributed by atoms with Crippen molar-refractivity contribution in [1.82, 2.24) is 15.5 Å². The van der Waals surface area contributed by atoms with E-state index in [2.05, 4.69) is 20.8 Å². The Morgan fingerprint density at radius 2 is 2.09 bits per heavy atom. The first-order valence-corrected chi connectivity index (χ1v) is 9.04. The lowest BCUT2D eigenvalue weighted by Crippen LogP contribution is -2.26. The van der Waals surface area contributed by atoms with Crippen molar-refractivity contribution in [3.8, 4) is 0 Å². The molecule has 1 aromatic heterocycles. The topological polar surface area (TPSA) is 84.0 Å². The minimum absolute atomic E-state index is 0.00129. The maximum atomic E-state index is 12.2. The Hall–Kier alpha value is -1.93. The highest BCUT2D eigenvalue weighted by Gasteiger charge is 2.23. The molecule has 0 saturated heterocycles. The van der Waals surface area contributed by atoms with E-state index in [0.717, 1.165) is 24.1 Å². The lowest BCUT2D eigenvalue weighted by atomic mass is 10.2. The van der Waals surface area contributed by atoms with E-state index in [-0.39, 0.29) is 11.8 Å². The number of aromatic nitrogens is 2. The molecule has 2 N–H and O–H groups in total. The molecule has 6 nitrogen and oxygen atoms in total. The van der Waals surface area contributed by atoms with Gasteiger partial charge in [0.05, 0.1) is 5.75 Å². The number of aryl methyl sites for hydroxylation is 1. The van der Waals surface area contributed by atoms with Crippen LogP contribution in [0.15, 0.2) is 28.6 Å². The molecule has 1 aliphatic rings.